The first-order valence-electron chi connectivity index (χ1n) is 7.60. The zero-order chi connectivity index (χ0) is 13.2. The van der Waals surface area contributed by atoms with Crippen molar-refractivity contribution in [3.63, 3.8) is 0 Å². The van der Waals surface area contributed by atoms with Gasteiger partial charge in [0.05, 0.1) is 5.41 Å². The third-order valence-electron chi connectivity index (χ3n) is 5.10. The third-order valence-corrected chi connectivity index (χ3v) is 5.10. The summed E-state index contributed by atoms with van der Waals surface area (Å²) in [4.78, 5) is 15.1. The Morgan fingerprint density at radius 2 is 2.28 bits per heavy atom. The van der Waals surface area contributed by atoms with E-state index >= 15 is 0 Å². The number of nitrogens with zero attached hydrogens (tertiary/aromatic N) is 1. The summed E-state index contributed by atoms with van der Waals surface area (Å²) in [5.74, 6) is 1.57. The molecule has 0 aromatic rings. The first-order chi connectivity index (χ1) is 8.60. The monoisotopic (exact) mass is 252 g/mol. The van der Waals surface area contributed by atoms with Gasteiger partial charge in [0.1, 0.15) is 0 Å². The minimum absolute atomic E-state index is 0.129. The number of rotatable bonds is 3. The summed E-state index contributed by atoms with van der Waals surface area (Å²) >= 11 is 0. The Morgan fingerprint density at radius 3 is 2.83 bits per heavy atom. The Morgan fingerprint density at radius 1 is 1.50 bits per heavy atom. The molecule has 2 heterocycles. The van der Waals surface area contributed by atoms with Gasteiger partial charge in [0.25, 0.3) is 0 Å². The molecule has 2 unspecified atom stereocenters. The Labute approximate surface area is 111 Å². The van der Waals surface area contributed by atoms with Crippen molar-refractivity contribution in [3.05, 3.63) is 0 Å². The largest absolute Gasteiger partial charge is 0.342 e. The third kappa shape index (κ3) is 2.42. The Bertz CT molecular complexity index is 295. The van der Waals surface area contributed by atoms with E-state index in [0.29, 0.717) is 11.8 Å². The zero-order valence-corrected chi connectivity index (χ0v) is 12.2. The van der Waals surface area contributed by atoms with E-state index in [0.717, 1.165) is 38.5 Å². The molecule has 2 fully saturated rings. The first kappa shape index (κ1) is 13.9. The van der Waals surface area contributed by atoms with Crippen LogP contribution >= 0.6 is 0 Å². The minimum atomic E-state index is -0.129. The van der Waals surface area contributed by atoms with Gasteiger partial charge in [-0.05, 0) is 37.6 Å². The minimum Gasteiger partial charge on any atom is -0.342 e. The Hall–Kier alpha value is -0.570. The van der Waals surface area contributed by atoms with Crippen LogP contribution in [0.2, 0.25) is 0 Å². The molecule has 0 bridgehead atoms. The van der Waals surface area contributed by atoms with E-state index in [1.165, 1.54) is 19.3 Å². The molecule has 0 aliphatic carbocycles. The van der Waals surface area contributed by atoms with E-state index in [2.05, 4.69) is 31.0 Å². The van der Waals surface area contributed by atoms with E-state index in [4.69, 9.17) is 0 Å². The quantitative estimate of drug-likeness (QED) is 0.835. The topological polar surface area (TPSA) is 32.3 Å². The number of piperidine rings is 1. The lowest BCUT2D eigenvalue weighted by Crippen LogP contribution is -2.51. The van der Waals surface area contributed by atoms with E-state index in [1.807, 2.05) is 0 Å². The van der Waals surface area contributed by atoms with Crippen molar-refractivity contribution in [3.8, 4) is 0 Å². The smallest absolute Gasteiger partial charge is 0.230 e. The maximum Gasteiger partial charge on any atom is 0.230 e. The van der Waals surface area contributed by atoms with Gasteiger partial charge in [-0.15, -0.1) is 0 Å². The second kappa shape index (κ2) is 5.60. The number of carbonyl (C=O) groups is 1. The lowest BCUT2D eigenvalue weighted by molar-refractivity contribution is -0.145. The van der Waals surface area contributed by atoms with Crippen molar-refractivity contribution in [1.82, 2.24) is 10.2 Å². The molecule has 0 spiro atoms. The van der Waals surface area contributed by atoms with E-state index in [1.54, 1.807) is 0 Å². The molecule has 0 radical (unpaired) electrons. The highest BCUT2D eigenvalue weighted by Crippen LogP contribution is 2.37. The summed E-state index contributed by atoms with van der Waals surface area (Å²) in [5, 5.41) is 3.39. The molecule has 1 N–H and O–H groups in total. The van der Waals surface area contributed by atoms with E-state index in [9.17, 15) is 4.79 Å². The van der Waals surface area contributed by atoms with Crippen molar-refractivity contribution in [2.75, 3.05) is 26.2 Å². The van der Waals surface area contributed by atoms with Crippen LogP contribution in [-0.4, -0.2) is 37.0 Å². The van der Waals surface area contributed by atoms with Crippen LogP contribution in [-0.2, 0) is 4.79 Å². The molecular weight excluding hydrogens is 224 g/mol. The Balaban J connectivity index is 2.09. The van der Waals surface area contributed by atoms with Crippen LogP contribution in [0.25, 0.3) is 0 Å². The van der Waals surface area contributed by atoms with Gasteiger partial charge < -0.3 is 10.2 Å². The number of amides is 1. The van der Waals surface area contributed by atoms with Crippen LogP contribution in [0.4, 0.5) is 0 Å². The molecule has 2 aliphatic heterocycles. The maximum atomic E-state index is 12.9. The van der Waals surface area contributed by atoms with Crippen molar-refractivity contribution in [2.45, 2.75) is 46.5 Å². The maximum absolute atomic E-state index is 12.9. The van der Waals surface area contributed by atoms with Gasteiger partial charge in [-0.25, -0.2) is 0 Å². The van der Waals surface area contributed by atoms with Gasteiger partial charge in [0.15, 0.2) is 0 Å². The standard InChI is InChI=1S/C15H28N2O/c1-4-13-6-5-9-17(10-13)14(18)15(12(2)3)7-8-16-11-15/h12-13,16H,4-11H2,1-3H3. The van der Waals surface area contributed by atoms with E-state index < -0.39 is 0 Å². The highest BCUT2D eigenvalue weighted by Gasteiger charge is 2.46. The number of likely N-dealkylation sites (tertiary alicyclic amines) is 1. The molecule has 0 saturated carbocycles. The van der Waals surface area contributed by atoms with Gasteiger partial charge in [-0.2, -0.15) is 0 Å². The SMILES string of the molecule is CCC1CCCN(C(=O)C2(C(C)C)CCNC2)C1. The van der Waals surface area contributed by atoms with Crippen LogP contribution in [0.15, 0.2) is 0 Å². The number of hydrogen-bond acceptors (Lipinski definition) is 2. The molecule has 1 amide bonds. The molecule has 2 aliphatic rings. The van der Waals surface area contributed by atoms with E-state index in [-0.39, 0.29) is 5.41 Å². The highest BCUT2D eigenvalue weighted by atomic mass is 16.2. The van der Waals surface area contributed by atoms with Gasteiger partial charge in [0, 0.05) is 19.6 Å². The second-order valence-corrected chi connectivity index (χ2v) is 6.41. The number of hydrogen-bond donors (Lipinski definition) is 1. The molecular formula is C15H28N2O. The number of carbonyl (C=O) groups excluding carboxylic acids is 1. The average molecular weight is 252 g/mol. The van der Waals surface area contributed by atoms with Crippen LogP contribution in [0.1, 0.15) is 46.5 Å². The molecule has 2 atom stereocenters. The van der Waals surface area contributed by atoms with Gasteiger partial charge in [-0.3, -0.25) is 4.79 Å². The lowest BCUT2D eigenvalue weighted by atomic mass is 9.74. The second-order valence-electron chi connectivity index (χ2n) is 6.41. The van der Waals surface area contributed by atoms with Crippen LogP contribution in [0, 0.1) is 17.3 Å². The molecule has 2 saturated heterocycles. The molecule has 18 heavy (non-hydrogen) atoms. The molecule has 104 valence electrons. The molecule has 3 nitrogen and oxygen atoms in total. The normalized spacial score (nSPS) is 33.1. The summed E-state index contributed by atoms with van der Waals surface area (Å²) in [6, 6.07) is 0. The van der Waals surface area contributed by atoms with Crippen molar-refractivity contribution >= 4 is 5.91 Å². The molecule has 2 rings (SSSR count). The Kier molecular flexibility index (Phi) is 4.31. The lowest BCUT2D eigenvalue weighted by Gasteiger charge is -2.40. The molecule has 3 heteroatoms. The average Bonchev–Trinajstić information content (AvgIpc) is 2.88. The number of nitrogens with one attached hydrogen (secondary N) is 1. The summed E-state index contributed by atoms with van der Waals surface area (Å²) in [7, 11) is 0. The predicted octanol–water partition coefficient (Wildman–Crippen LogP) is 2.27. The van der Waals surface area contributed by atoms with Crippen molar-refractivity contribution in [2.24, 2.45) is 17.3 Å². The van der Waals surface area contributed by atoms with Crippen LogP contribution in [0.3, 0.4) is 0 Å². The van der Waals surface area contributed by atoms with Crippen molar-refractivity contribution in [1.29, 1.82) is 0 Å². The summed E-state index contributed by atoms with van der Waals surface area (Å²) in [6.45, 7) is 10.5. The summed E-state index contributed by atoms with van der Waals surface area (Å²) < 4.78 is 0. The summed E-state index contributed by atoms with van der Waals surface area (Å²) in [5.41, 5.74) is -0.129. The fourth-order valence-electron chi connectivity index (χ4n) is 3.53. The van der Waals surface area contributed by atoms with Gasteiger partial charge in [0.2, 0.25) is 5.91 Å². The fraction of sp³-hybridized carbons (Fsp3) is 0.933. The molecule has 0 aromatic carbocycles. The zero-order valence-electron chi connectivity index (χ0n) is 12.2. The summed E-state index contributed by atoms with van der Waals surface area (Å²) in [6.07, 6.45) is 4.70. The first-order valence-corrected chi connectivity index (χ1v) is 7.60. The predicted molar refractivity (Wildman–Crippen MR) is 74.4 cm³/mol. The molecule has 0 aromatic heterocycles. The van der Waals surface area contributed by atoms with Gasteiger partial charge in [-0.1, -0.05) is 27.2 Å². The van der Waals surface area contributed by atoms with Crippen LogP contribution in [0.5, 0.6) is 0 Å². The van der Waals surface area contributed by atoms with Crippen molar-refractivity contribution < 1.29 is 4.79 Å². The van der Waals surface area contributed by atoms with Gasteiger partial charge >= 0.3 is 0 Å². The van der Waals surface area contributed by atoms with Crippen LogP contribution < -0.4 is 5.32 Å². The highest BCUT2D eigenvalue weighted by molar-refractivity contribution is 5.83. The fourth-order valence-corrected chi connectivity index (χ4v) is 3.53.